The number of aromatic hydroxyl groups is 1. The summed E-state index contributed by atoms with van der Waals surface area (Å²) in [6.07, 6.45) is 0.628. The van der Waals surface area contributed by atoms with Crippen LogP contribution >= 0.6 is 15.9 Å². The Hall–Kier alpha value is -0.813. The first-order chi connectivity index (χ1) is 8.10. The van der Waals surface area contributed by atoms with Crippen LogP contribution in [-0.2, 0) is 0 Å². The van der Waals surface area contributed by atoms with Crippen LogP contribution in [0.25, 0.3) is 0 Å². The zero-order valence-electron chi connectivity index (χ0n) is 11.4. The van der Waals surface area contributed by atoms with Gasteiger partial charge >= 0.3 is 0 Å². The van der Waals surface area contributed by atoms with Gasteiger partial charge in [-0.3, -0.25) is 4.79 Å². The zero-order chi connectivity index (χ0) is 14.1. The Bertz CT molecular complexity index is 464. The van der Waals surface area contributed by atoms with Gasteiger partial charge in [-0.05, 0) is 46.2 Å². The molecule has 1 N–H and O–H groups in total. The lowest BCUT2D eigenvalue weighted by atomic mass is 10.2. The van der Waals surface area contributed by atoms with Crippen LogP contribution in [0.2, 0.25) is 18.1 Å². The molecular formula is C13H19BrO3Si. The number of aldehydes is 1. The van der Waals surface area contributed by atoms with E-state index < -0.39 is 8.32 Å². The van der Waals surface area contributed by atoms with Crippen molar-refractivity contribution in [2.45, 2.75) is 38.9 Å². The van der Waals surface area contributed by atoms with Gasteiger partial charge in [0.05, 0.1) is 10.0 Å². The standard InChI is InChI=1S/C13H19BrO3Si/c1-13(2,3)18(4,5)17-11-7-6-10(14)12(16)9(11)8-15/h6-8,16H,1-5H3. The van der Waals surface area contributed by atoms with Crippen LogP contribution in [0.15, 0.2) is 16.6 Å². The van der Waals surface area contributed by atoms with E-state index in [1.54, 1.807) is 12.1 Å². The largest absolute Gasteiger partial charge is 0.543 e. The molecule has 0 aromatic heterocycles. The van der Waals surface area contributed by atoms with Crippen molar-refractivity contribution in [2.75, 3.05) is 0 Å². The fraction of sp³-hybridized carbons (Fsp3) is 0.462. The third kappa shape index (κ3) is 2.95. The SMILES string of the molecule is CC(C)(C)[Si](C)(C)Oc1ccc(Br)c(O)c1C=O. The molecule has 0 saturated carbocycles. The lowest BCUT2D eigenvalue weighted by Gasteiger charge is -2.36. The fourth-order valence-electron chi connectivity index (χ4n) is 1.19. The highest BCUT2D eigenvalue weighted by molar-refractivity contribution is 9.10. The van der Waals surface area contributed by atoms with Crippen molar-refractivity contribution >= 4 is 30.5 Å². The molecule has 1 aromatic rings. The van der Waals surface area contributed by atoms with Crippen LogP contribution in [0.1, 0.15) is 31.1 Å². The predicted octanol–water partition coefficient (Wildman–Crippen LogP) is 4.35. The predicted molar refractivity (Wildman–Crippen MR) is 79.0 cm³/mol. The Morgan fingerprint density at radius 1 is 1.33 bits per heavy atom. The highest BCUT2D eigenvalue weighted by Gasteiger charge is 2.39. The molecule has 0 radical (unpaired) electrons. The number of benzene rings is 1. The topological polar surface area (TPSA) is 46.5 Å². The quantitative estimate of drug-likeness (QED) is 0.661. The number of halogens is 1. The molecule has 0 bridgehead atoms. The van der Waals surface area contributed by atoms with E-state index in [-0.39, 0.29) is 16.4 Å². The second kappa shape index (κ2) is 5.05. The first-order valence-electron chi connectivity index (χ1n) is 5.76. The summed E-state index contributed by atoms with van der Waals surface area (Å²) in [4.78, 5) is 11.1. The van der Waals surface area contributed by atoms with E-state index in [4.69, 9.17) is 4.43 Å². The van der Waals surface area contributed by atoms with Crippen molar-refractivity contribution in [2.24, 2.45) is 0 Å². The number of hydrogen-bond acceptors (Lipinski definition) is 3. The number of rotatable bonds is 3. The van der Waals surface area contributed by atoms with Crippen molar-refractivity contribution in [1.29, 1.82) is 0 Å². The molecule has 0 saturated heterocycles. The number of phenolic OH excluding ortho intramolecular Hbond substituents is 1. The molecule has 0 amide bonds. The molecule has 0 fully saturated rings. The first-order valence-corrected chi connectivity index (χ1v) is 9.46. The summed E-state index contributed by atoms with van der Waals surface area (Å²) >= 11 is 3.19. The normalized spacial score (nSPS) is 12.3. The molecule has 100 valence electrons. The number of phenols is 1. The maximum atomic E-state index is 11.1. The summed E-state index contributed by atoms with van der Waals surface area (Å²) in [6, 6.07) is 3.40. The third-order valence-corrected chi connectivity index (χ3v) is 8.40. The number of hydrogen-bond donors (Lipinski definition) is 1. The average molecular weight is 331 g/mol. The molecule has 18 heavy (non-hydrogen) atoms. The Labute approximate surface area is 117 Å². The van der Waals surface area contributed by atoms with Crippen LogP contribution in [-0.4, -0.2) is 19.7 Å². The van der Waals surface area contributed by atoms with E-state index in [9.17, 15) is 9.90 Å². The van der Waals surface area contributed by atoms with Gasteiger partial charge in [0.1, 0.15) is 11.5 Å². The van der Waals surface area contributed by atoms with Gasteiger partial charge in [0.2, 0.25) is 0 Å². The van der Waals surface area contributed by atoms with Crippen LogP contribution in [0.3, 0.4) is 0 Å². The highest BCUT2D eigenvalue weighted by Crippen LogP contribution is 2.40. The third-order valence-electron chi connectivity index (χ3n) is 3.42. The molecule has 0 unspecified atom stereocenters. The van der Waals surface area contributed by atoms with Crippen molar-refractivity contribution in [3.05, 3.63) is 22.2 Å². The molecule has 0 atom stereocenters. The van der Waals surface area contributed by atoms with E-state index in [2.05, 4.69) is 49.8 Å². The minimum atomic E-state index is -2.02. The smallest absolute Gasteiger partial charge is 0.250 e. The fourth-order valence-corrected chi connectivity index (χ4v) is 2.57. The zero-order valence-corrected chi connectivity index (χ0v) is 14.0. The average Bonchev–Trinajstić information content (AvgIpc) is 2.22. The Balaban J connectivity index is 3.21. The van der Waals surface area contributed by atoms with Crippen molar-refractivity contribution in [3.8, 4) is 11.5 Å². The molecule has 0 spiro atoms. The molecule has 1 aromatic carbocycles. The molecule has 1 rings (SSSR count). The Morgan fingerprint density at radius 2 is 1.89 bits per heavy atom. The molecule has 3 nitrogen and oxygen atoms in total. The molecule has 0 aliphatic rings. The Kier molecular flexibility index (Phi) is 4.28. The minimum Gasteiger partial charge on any atom is -0.543 e. The molecule has 0 heterocycles. The highest BCUT2D eigenvalue weighted by atomic mass is 79.9. The Morgan fingerprint density at radius 3 is 2.33 bits per heavy atom. The van der Waals surface area contributed by atoms with Crippen LogP contribution in [0.5, 0.6) is 11.5 Å². The maximum absolute atomic E-state index is 11.1. The van der Waals surface area contributed by atoms with Gasteiger partial charge in [-0.1, -0.05) is 20.8 Å². The summed E-state index contributed by atoms with van der Waals surface area (Å²) in [7, 11) is -2.02. The minimum absolute atomic E-state index is 0.0375. The van der Waals surface area contributed by atoms with Crippen LogP contribution in [0, 0.1) is 0 Å². The second-order valence-corrected chi connectivity index (χ2v) is 11.4. The van der Waals surface area contributed by atoms with Gasteiger partial charge in [-0.15, -0.1) is 0 Å². The molecule has 0 aliphatic carbocycles. The van der Waals surface area contributed by atoms with Gasteiger partial charge in [-0.2, -0.15) is 0 Å². The van der Waals surface area contributed by atoms with E-state index >= 15 is 0 Å². The van der Waals surface area contributed by atoms with E-state index in [1.807, 2.05) is 0 Å². The number of carbonyl (C=O) groups is 1. The second-order valence-electron chi connectivity index (χ2n) is 5.79. The lowest BCUT2D eigenvalue weighted by Crippen LogP contribution is -2.44. The summed E-state index contributed by atoms with van der Waals surface area (Å²) in [5.41, 5.74) is 0.203. The van der Waals surface area contributed by atoms with Gasteiger partial charge in [0, 0.05) is 0 Å². The van der Waals surface area contributed by atoms with Gasteiger partial charge in [0.25, 0.3) is 8.32 Å². The van der Waals surface area contributed by atoms with E-state index in [0.717, 1.165) is 0 Å². The summed E-state index contributed by atoms with van der Waals surface area (Å²) in [6.45, 7) is 10.6. The lowest BCUT2D eigenvalue weighted by molar-refractivity contribution is 0.111. The summed E-state index contributed by atoms with van der Waals surface area (Å²) in [5, 5.41) is 9.87. The van der Waals surface area contributed by atoms with Gasteiger partial charge < -0.3 is 9.53 Å². The van der Waals surface area contributed by atoms with E-state index in [1.165, 1.54) is 0 Å². The molecule has 0 aliphatic heterocycles. The monoisotopic (exact) mass is 330 g/mol. The molecular weight excluding hydrogens is 312 g/mol. The van der Waals surface area contributed by atoms with Crippen LogP contribution < -0.4 is 4.43 Å². The van der Waals surface area contributed by atoms with Gasteiger partial charge in [-0.25, -0.2) is 0 Å². The molecule has 5 heteroatoms. The van der Waals surface area contributed by atoms with Gasteiger partial charge in [0.15, 0.2) is 6.29 Å². The van der Waals surface area contributed by atoms with Crippen LogP contribution in [0.4, 0.5) is 0 Å². The van der Waals surface area contributed by atoms with E-state index in [0.29, 0.717) is 16.5 Å². The maximum Gasteiger partial charge on any atom is 0.250 e. The van der Waals surface area contributed by atoms with Crippen molar-refractivity contribution in [1.82, 2.24) is 0 Å². The summed E-state index contributed by atoms with van der Waals surface area (Å²) in [5.74, 6) is 0.388. The van der Waals surface area contributed by atoms with Crippen molar-refractivity contribution < 1.29 is 14.3 Å². The number of carbonyl (C=O) groups excluding carboxylic acids is 1. The summed E-state index contributed by atoms with van der Waals surface area (Å²) < 4.78 is 6.54. The first kappa shape index (κ1) is 15.2. The van der Waals surface area contributed by atoms with Crippen molar-refractivity contribution in [3.63, 3.8) is 0 Å².